The van der Waals surface area contributed by atoms with Gasteiger partial charge in [0.05, 0.1) is 18.9 Å². The molecule has 7 heteroatoms. The molecule has 0 aliphatic heterocycles. The smallest absolute Gasteiger partial charge is 0.191 e. The van der Waals surface area contributed by atoms with E-state index < -0.39 is 0 Å². The summed E-state index contributed by atoms with van der Waals surface area (Å²) in [5, 5.41) is 13.7. The van der Waals surface area contributed by atoms with Gasteiger partial charge in [-0.05, 0) is 45.1 Å². The average molecular weight is 477 g/mol. The lowest BCUT2D eigenvalue weighted by Gasteiger charge is -2.16. The van der Waals surface area contributed by atoms with Crippen molar-refractivity contribution in [2.45, 2.75) is 71.3 Å². The van der Waals surface area contributed by atoms with Crippen LogP contribution in [0.25, 0.3) is 0 Å². The quantitative estimate of drug-likeness (QED) is 0.167. The van der Waals surface area contributed by atoms with Gasteiger partial charge in [0.1, 0.15) is 0 Å². The minimum absolute atomic E-state index is 0. The number of halogens is 1. The monoisotopic (exact) mass is 477 g/mol. The Morgan fingerprint density at radius 1 is 1.27 bits per heavy atom. The first kappa shape index (κ1) is 23.2. The number of guanidine groups is 1. The maximum atomic E-state index is 6.02. The van der Waals surface area contributed by atoms with Crippen LogP contribution in [0, 0.1) is 6.92 Å². The van der Waals surface area contributed by atoms with E-state index in [-0.39, 0.29) is 24.0 Å². The van der Waals surface area contributed by atoms with Gasteiger partial charge >= 0.3 is 0 Å². The Morgan fingerprint density at radius 3 is 2.69 bits per heavy atom. The molecule has 3 N–H and O–H groups in total. The molecule has 0 bridgehead atoms. The normalized spacial score (nSPS) is 16.0. The number of H-pyrrole nitrogens is 1. The molecule has 0 amide bonds. The lowest BCUT2D eigenvalue weighted by Crippen LogP contribution is -2.39. The van der Waals surface area contributed by atoms with Crippen molar-refractivity contribution in [3.63, 3.8) is 0 Å². The molecule has 0 aromatic carbocycles. The zero-order valence-corrected chi connectivity index (χ0v) is 18.7. The molecule has 1 heterocycles. The minimum atomic E-state index is 0. The van der Waals surface area contributed by atoms with E-state index in [1.807, 2.05) is 6.20 Å². The van der Waals surface area contributed by atoms with Crippen LogP contribution in [-0.2, 0) is 11.2 Å². The standard InChI is InChI=1S/C19H35N5O.HI/c1-3-20-19(21-12-8-9-17-15-23-24-16(17)2)22-13-14-25-18-10-6-4-5-7-11-18;/h15,18H,3-14H2,1-2H3,(H,23,24)(H2,20,21,22);1H. The molecule has 1 aromatic rings. The van der Waals surface area contributed by atoms with E-state index in [9.17, 15) is 0 Å². The summed E-state index contributed by atoms with van der Waals surface area (Å²) in [6.07, 6.45) is 12.2. The third-order valence-corrected chi connectivity index (χ3v) is 4.70. The number of nitrogens with zero attached hydrogens (tertiary/aromatic N) is 2. The third kappa shape index (κ3) is 9.21. The molecule has 0 spiro atoms. The second kappa shape index (κ2) is 14.3. The second-order valence-corrected chi connectivity index (χ2v) is 6.80. The van der Waals surface area contributed by atoms with Gasteiger partial charge in [-0.15, -0.1) is 24.0 Å². The highest BCUT2D eigenvalue weighted by Crippen LogP contribution is 2.19. The fourth-order valence-electron chi connectivity index (χ4n) is 3.23. The lowest BCUT2D eigenvalue weighted by atomic mass is 10.1. The van der Waals surface area contributed by atoms with Gasteiger partial charge in [0.15, 0.2) is 5.96 Å². The Balaban J connectivity index is 0.00000338. The van der Waals surface area contributed by atoms with Crippen molar-refractivity contribution in [2.24, 2.45) is 4.99 Å². The molecule has 1 aliphatic rings. The van der Waals surface area contributed by atoms with Gasteiger partial charge in [0.2, 0.25) is 0 Å². The van der Waals surface area contributed by atoms with Crippen LogP contribution < -0.4 is 10.6 Å². The highest BCUT2D eigenvalue weighted by atomic mass is 127. The third-order valence-electron chi connectivity index (χ3n) is 4.70. The molecule has 1 aromatic heterocycles. The molecule has 0 radical (unpaired) electrons. The zero-order chi connectivity index (χ0) is 17.7. The Labute approximate surface area is 175 Å². The van der Waals surface area contributed by atoms with Crippen molar-refractivity contribution < 1.29 is 4.74 Å². The van der Waals surface area contributed by atoms with Crippen molar-refractivity contribution in [1.82, 2.24) is 20.8 Å². The number of rotatable bonds is 9. The van der Waals surface area contributed by atoms with E-state index in [1.165, 1.54) is 44.1 Å². The first-order chi connectivity index (χ1) is 12.3. The molecule has 1 aliphatic carbocycles. The Kier molecular flexibility index (Phi) is 12.7. The molecule has 6 nitrogen and oxygen atoms in total. The van der Waals surface area contributed by atoms with Crippen LogP contribution >= 0.6 is 24.0 Å². The summed E-state index contributed by atoms with van der Waals surface area (Å²) >= 11 is 0. The van der Waals surface area contributed by atoms with Crippen LogP contribution in [0.3, 0.4) is 0 Å². The number of hydrogen-bond acceptors (Lipinski definition) is 3. The number of ether oxygens (including phenoxy) is 1. The maximum absolute atomic E-state index is 6.02. The van der Waals surface area contributed by atoms with E-state index in [4.69, 9.17) is 4.74 Å². The van der Waals surface area contributed by atoms with E-state index in [0.717, 1.165) is 50.7 Å². The Hall–Kier alpha value is -0.830. The van der Waals surface area contributed by atoms with Crippen LogP contribution in [-0.4, -0.2) is 48.5 Å². The molecular weight excluding hydrogens is 441 g/mol. The number of nitrogens with one attached hydrogen (secondary N) is 3. The van der Waals surface area contributed by atoms with E-state index in [0.29, 0.717) is 6.10 Å². The van der Waals surface area contributed by atoms with Gasteiger partial charge in [0.25, 0.3) is 0 Å². The van der Waals surface area contributed by atoms with Crippen LogP contribution in [0.1, 0.15) is 63.1 Å². The predicted molar refractivity (Wildman–Crippen MR) is 118 cm³/mol. The zero-order valence-electron chi connectivity index (χ0n) is 16.4. The number of aliphatic imine (C=N–C) groups is 1. The van der Waals surface area contributed by atoms with Gasteiger partial charge in [0, 0.05) is 25.3 Å². The average Bonchev–Trinajstić information content (AvgIpc) is 2.85. The number of aromatic amines is 1. The molecule has 0 unspecified atom stereocenters. The fraction of sp³-hybridized carbons (Fsp3) is 0.789. The molecule has 0 atom stereocenters. The second-order valence-electron chi connectivity index (χ2n) is 6.80. The highest BCUT2D eigenvalue weighted by Gasteiger charge is 2.12. The van der Waals surface area contributed by atoms with Crippen LogP contribution in [0.5, 0.6) is 0 Å². The maximum Gasteiger partial charge on any atom is 0.191 e. The van der Waals surface area contributed by atoms with Crippen molar-refractivity contribution in [3.8, 4) is 0 Å². The molecule has 1 saturated carbocycles. The summed E-state index contributed by atoms with van der Waals surface area (Å²) in [6, 6.07) is 0. The number of aryl methyl sites for hydroxylation is 2. The van der Waals surface area contributed by atoms with Crippen LogP contribution in [0.15, 0.2) is 11.2 Å². The summed E-state index contributed by atoms with van der Waals surface area (Å²) in [7, 11) is 0. The first-order valence-electron chi connectivity index (χ1n) is 9.92. The predicted octanol–water partition coefficient (Wildman–Crippen LogP) is 3.56. The van der Waals surface area contributed by atoms with Crippen molar-refractivity contribution in [3.05, 3.63) is 17.5 Å². The minimum Gasteiger partial charge on any atom is -0.376 e. The first-order valence-corrected chi connectivity index (χ1v) is 9.92. The summed E-state index contributed by atoms with van der Waals surface area (Å²) in [5.74, 6) is 0.885. The van der Waals surface area contributed by atoms with Crippen LogP contribution in [0.2, 0.25) is 0 Å². The number of aromatic nitrogens is 2. The largest absolute Gasteiger partial charge is 0.376 e. The summed E-state index contributed by atoms with van der Waals surface area (Å²) in [5.41, 5.74) is 2.44. The molecule has 150 valence electrons. The molecule has 1 fully saturated rings. The Morgan fingerprint density at radius 2 is 2.04 bits per heavy atom. The highest BCUT2D eigenvalue weighted by molar-refractivity contribution is 14.0. The van der Waals surface area contributed by atoms with Crippen molar-refractivity contribution >= 4 is 29.9 Å². The van der Waals surface area contributed by atoms with Gasteiger partial charge < -0.3 is 15.4 Å². The van der Waals surface area contributed by atoms with Crippen LogP contribution in [0.4, 0.5) is 0 Å². The molecular formula is C19H36IN5O. The van der Waals surface area contributed by atoms with Crippen molar-refractivity contribution in [2.75, 3.05) is 26.2 Å². The van der Waals surface area contributed by atoms with E-state index in [2.05, 4.69) is 39.7 Å². The lowest BCUT2D eigenvalue weighted by molar-refractivity contribution is 0.0468. The summed E-state index contributed by atoms with van der Waals surface area (Å²) in [4.78, 5) is 4.65. The molecule has 0 saturated heterocycles. The van der Waals surface area contributed by atoms with Gasteiger partial charge in [-0.1, -0.05) is 25.7 Å². The summed E-state index contributed by atoms with van der Waals surface area (Å²) < 4.78 is 6.02. The van der Waals surface area contributed by atoms with E-state index >= 15 is 0 Å². The molecule has 2 rings (SSSR count). The molecule has 26 heavy (non-hydrogen) atoms. The fourth-order valence-corrected chi connectivity index (χ4v) is 3.23. The van der Waals surface area contributed by atoms with Crippen molar-refractivity contribution in [1.29, 1.82) is 0 Å². The topological polar surface area (TPSA) is 74.3 Å². The SMILES string of the molecule is CCNC(=NCCCc1cn[nH]c1C)NCCOC1CCCCCC1.I. The van der Waals surface area contributed by atoms with E-state index in [1.54, 1.807) is 0 Å². The summed E-state index contributed by atoms with van der Waals surface area (Å²) in [6.45, 7) is 7.39. The Bertz CT molecular complexity index is 498. The van der Waals surface area contributed by atoms with Gasteiger partial charge in [-0.2, -0.15) is 5.10 Å². The van der Waals surface area contributed by atoms with Gasteiger partial charge in [-0.25, -0.2) is 0 Å². The van der Waals surface area contributed by atoms with Gasteiger partial charge in [-0.3, -0.25) is 10.1 Å². The number of hydrogen-bond donors (Lipinski definition) is 3.